The summed E-state index contributed by atoms with van der Waals surface area (Å²) in [5, 5.41) is 21.1. The monoisotopic (exact) mass is 337 g/mol. The maximum Gasteiger partial charge on any atom is 0.338 e. The molecule has 7 heteroatoms. The third-order valence-electron chi connectivity index (χ3n) is 3.44. The number of hydrogen-bond donors (Lipinski definition) is 3. The van der Waals surface area contributed by atoms with E-state index in [0.717, 1.165) is 0 Å². The lowest BCUT2D eigenvalue weighted by molar-refractivity contribution is -0.139. The van der Waals surface area contributed by atoms with Crippen LogP contribution in [0.2, 0.25) is 0 Å². The summed E-state index contributed by atoms with van der Waals surface area (Å²) in [6, 6.07) is 8.42. The molecule has 0 aliphatic heterocycles. The van der Waals surface area contributed by atoms with Gasteiger partial charge < -0.3 is 20.3 Å². The van der Waals surface area contributed by atoms with Crippen LogP contribution in [0.15, 0.2) is 30.3 Å². The third-order valence-corrected chi connectivity index (χ3v) is 3.44. The Bertz CT molecular complexity index is 570. The van der Waals surface area contributed by atoms with Crippen LogP contribution < -0.4 is 5.32 Å². The molecule has 1 atom stereocenters. The number of esters is 1. The van der Waals surface area contributed by atoms with E-state index in [-0.39, 0.29) is 26.0 Å². The van der Waals surface area contributed by atoms with E-state index in [1.165, 1.54) is 0 Å². The van der Waals surface area contributed by atoms with Gasteiger partial charge in [0.15, 0.2) is 0 Å². The molecule has 0 radical (unpaired) electrons. The second-order valence-electron chi connectivity index (χ2n) is 6.12. The molecular weight excluding hydrogens is 314 g/mol. The molecule has 1 amide bonds. The first-order chi connectivity index (χ1) is 11.2. The first-order valence-electron chi connectivity index (χ1n) is 7.64. The zero-order valence-corrected chi connectivity index (χ0v) is 13.8. The summed E-state index contributed by atoms with van der Waals surface area (Å²) >= 11 is 0. The highest BCUT2D eigenvalue weighted by Gasteiger charge is 2.35. The number of benzene rings is 1. The average Bonchev–Trinajstić information content (AvgIpc) is 2.56. The van der Waals surface area contributed by atoms with Gasteiger partial charge >= 0.3 is 11.9 Å². The van der Waals surface area contributed by atoms with Gasteiger partial charge in [0, 0.05) is 18.4 Å². The number of aliphatic hydroxyl groups excluding tert-OH is 1. The molecule has 0 saturated heterocycles. The van der Waals surface area contributed by atoms with Crippen LogP contribution >= 0.6 is 0 Å². The predicted octanol–water partition coefficient (Wildman–Crippen LogP) is 1.21. The van der Waals surface area contributed by atoms with Crippen molar-refractivity contribution in [3.63, 3.8) is 0 Å². The van der Waals surface area contributed by atoms with Crippen molar-refractivity contribution in [2.45, 2.75) is 32.8 Å². The quantitative estimate of drug-likeness (QED) is 0.461. The van der Waals surface area contributed by atoms with E-state index in [4.69, 9.17) is 9.84 Å². The van der Waals surface area contributed by atoms with Crippen LogP contribution in [0.1, 0.15) is 37.0 Å². The zero-order valence-electron chi connectivity index (χ0n) is 13.8. The van der Waals surface area contributed by atoms with E-state index in [9.17, 15) is 19.5 Å². The van der Waals surface area contributed by atoms with Gasteiger partial charge in [-0.2, -0.15) is 0 Å². The molecule has 1 unspecified atom stereocenters. The Morgan fingerprint density at radius 3 is 2.42 bits per heavy atom. The molecule has 0 fully saturated rings. The van der Waals surface area contributed by atoms with Gasteiger partial charge in [0.1, 0.15) is 6.10 Å². The highest BCUT2D eigenvalue weighted by molar-refractivity contribution is 5.89. The lowest BCUT2D eigenvalue weighted by atomic mass is 9.87. The van der Waals surface area contributed by atoms with Crippen LogP contribution in [0.5, 0.6) is 0 Å². The summed E-state index contributed by atoms with van der Waals surface area (Å²) in [5.41, 5.74) is -0.595. The molecule has 1 rings (SSSR count). The van der Waals surface area contributed by atoms with Crippen LogP contribution in [-0.2, 0) is 14.3 Å². The standard InChI is InChI=1S/C17H23NO6/c1-17(2,11-24-16(23)12-7-4-3-5-8-12)14(21)15(22)18-10-6-9-13(19)20/h3-5,7-8,14,21H,6,9-11H2,1-2H3,(H,18,22)(H,19,20). The number of aliphatic carboxylic acids is 1. The van der Waals surface area contributed by atoms with E-state index in [1.807, 2.05) is 0 Å². The molecule has 0 heterocycles. The van der Waals surface area contributed by atoms with Crippen LogP contribution in [0.4, 0.5) is 0 Å². The highest BCUT2D eigenvalue weighted by atomic mass is 16.5. The summed E-state index contributed by atoms with van der Waals surface area (Å²) in [6.45, 7) is 3.23. The number of nitrogens with one attached hydrogen (secondary N) is 1. The largest absolute Gasteiger partial charge is 0.481 e. The van der Waals surface area contributed by atoms with E-state index in [1.54, 1.807) is 44.2 Å². The molecule has 0 aliphatic rings. The predicted molar refractivity (Wildman–Crippen MR) is 86.4 cm³/mol. The van der Waals surface area contributed by atoms with Gasteiger partial charge in [-0.05, 0) is 18.6 Å². The molecule has 0 aromatic heterocycles. The minimum atomic E-state index is -1.38. The Labute approximate surface area is 140 Å². The summed E-state index contributed by atoms with van der Waals surface area (Å²) in [5.74, 6) is -2.10. The smallest absolute Gasteiger partial charge is 0.338 e. The number of aliphatic hydroxyl groups is 1. The minimum absolute atomic E-state index is 0.0611. The summed E-state index contributed by atoms with van der Waals surface area (Å²) < 4.78 is 5.16. The molecule has 3 N–H and O–H groups in total. The molecule has 0 bridgehead atoms. The molecule has 7 nitrogen and oxygen atoms in total. The lowest BCUT2D eigenvalue weighted by Gasteiger charge is -2.29. The van der Waals surface area contributed by atoms with Gasteiger partial charge in [0.25, 0.3) is 0 Å². The summed E-state index contributed by atoms with van der Waals surface area (Å²) in [6.07, 6.45) is -1.17. The van der Waals surface area contributed by atoms with Crippen molar-refractivity contribution < 1.29 is 29.3 Å². The maximum absolute atomic E-state index is 11.9. The molecule has 0 aliphatic carbocycles. The second-order valence-corrected chi connectivity index (χ2v) is 6.12. The fourth-order valence-corrected chi connectivity index (χ4v) is 1.89. The van der Waals surface area contributed by atoms with Crippen LogP contribution in [0, 0.1) is 5.41 Å². The SMILES string of the molecule is CC(C)(COC(=O)c1ccccc1)C(O)C(=O)NCCCC(=O)O. The van der Waals surface area contributed by atoms with Crippen molar-refractivity contribution in [3.05, 3.63) is 35.9 Å². The Hall–Kier alpha value is -2.41. The zero-order chi connectivity index (χ0) is 18.2. The van der Waals surface area contributed by atoms with E-state index in [2.05, 4.69) is 5.32 Å². The van der Waals surface area contributed by atoms with E-state index < -0.39 is 29.4 Å². The van der Waals surface area contributed by atoms with Gasteiger partial charge in [0.05, 0.1) is 12.2 Å². The van der Waals surface area contributed by atoms with Crippen molar-refractivity contribution in [1.82, 2.24) is 5.32 Å². The van der Waals surface area contributed by atoms with Gasteiger partial charge in [0.2, 0.25) is 5.91 Å². The van der Waals surface area contributed by atoms with E-state index >= 15 is 0 Å². The fraction of sp³-hybridized carbons (Fsp3) is 0.471. The van der Waals surface area contributed by atoms with Gasteiger partial charge in [-0.15, -0.1) is 0 Å². The van der Waals surface area contributed by atoms with Crippen LogP contribution in [0.25, 0.3) is 0 Å². The Morgan fingerprint density at radius 2 is 1.83 bits per heavy atom. The number of carboxylic acids is 1. The summed E-state index contributed by atoms with van der Waals surface area (Å²) in [4.78, 5) is 34.2. The van der Waals surface area contributed by atoms with Crippen molar-refractivity contribution in [2.24, 2.45) is 5.41 Å². The maximum atomic E-state index is 11.9. The number of amides is 1. The number of rotatable bonds is 9. The molecule has 1 aromatic rings. The molecule has 24 heavy (non-hydrogen) atoms. The number of hydrogen-bond acceptors (Lipinski definition) is 5. The Morgan fingerprint density at radius 1 is 1.21 bits per heavy atom. The van der Waals surface area contributed by atoms with Gasteiger partial charge in [-0.25, -0.2) is 4.79 Å². The van der Waals surface area contributed by atoms with Gasteiger partial charge in [-0.1, -0.05) is 32.0 Å². The third kappa shape index (κ3) is 6.37. The second kappa shape index (κ2) is 9.02. The molecule has 0 spiro atoms. The lowest BCUT2D eigenvalue weighted by Crippen LogP contribution is -2.46. The van der Waals surface area contributed by atoms with Crippen molar-refractivity contribution in [2.75, 3.05) is 13.2 Å². The topological polar surface area (TPSA) is 113 Å². The van der Waals surface area contributed by atoms with Crippen molar-refractivity contribution in [3.8, 4) is 0 Å². The molecule has 0 saturated carbocycles. The molecular formula is C17H23NO6. The van der Waals surface area contributed by atoms with E-state index in [0.29, 0.717) is 5.56 Å². The number of carbonyl (C=O) groups is 3. The first kappa shape index (κ1) is 19.6. The first-order valence-corrected chi connectivity index (χ1v) is 7.64. The van der Waals surface area contributed by atoms with Gasteiger partial charge in [-0.3, -0.25) is 9.59 Å². The van der Waals surface area contributed by atoms with Crippen molar-refractivity contribution in [1.29, 1.82) is 0 Å². The molecule has 1 aromatic carbocycles. The highest BCUT2D eigenvalue weighted by Crippen LogP contribution is 2.22. The molecule has 132 valence electrons. The number of carbonyl (C=O) groups excluding carboxylic acids is 2. The number of carboxylic acid groups (broad SMARTS) is 1. The minimum Gasteiger partial charge on any atom is -0.481 e. The fourth-order valence-electron chi connectivity index (χ4n) is 1.89. The Kier molecular flexibility index (Phi) is 7.38. The summed E-state index contributed by atoms with van der Waals surface area (Å²) in [7, 11) is 0. The van der Waals surface area contributed by atoms with Crippen LogP contribution in [0.3, 0.4) is 0 Å². The number of ether oxygens (including phenoxy) is 1. The average molecular weight is 337 g/mol. The Balaban J connectivity index is 2.46. The van der Waals surface area contributed by atoms with Crippen molar-refractivity contribution >= 4 is 17.8 Å². The normalized spacial score (nSPS) is 12.3. The van der Waals surface area contributed by atoms with Crippen LogP contribution in [-0.4, -0.2) is 47.3 Å².